The molecular formula is C46H65N5O9. The monoisotopic (exact) mass is 831 g/mol. The molecule has 14 heteroatoms. The van der Waals surface area contributed by atoms with E-state index in [9.17, 15) is 29.1 Å². The second-order valence-corrected chi connectivity index (χ2v) is 17.9. The number of carbonyl (C=O) groups excluding carboxylic acids is 5. The van der Waals surface area contributed by atoms with E-state index in [1.54, 1.807) is 14.1 Å². The number of ether oxygens (including phenoxy) is 2. The summed E-state index contributed by atoms with van der Waals surface area (Å²) in [7, 11) is 7.54. The van der Waals surface area contributed by atoms with Crippen molar-refractivity contribution in [3.8, 4) is 11.1 Å². The summed E-state index contributed by atoms with van der Waals surface area (Å²) in [5.41, 5.74) is 2.66. The van der Waals surface area contributed by atoms with E-state index in [4.69, 9.17) is 9.47 Å². The van der Waals surface area contributed by atoms with Crippen molar-refractivity contribution in [3.05, 3.63) is 59.7 Å². The summed E-state index contributed by atoms with van der Waals surface area (Å²) in [6.07, 6.45) is 0.969. The third-order valence-corrected chi connectivity index (χ3v) is 13.0. The number of hydrogen-bond donors (Lipinski definition) is 1. The number of nitrogens with zero attached hydrogens (tertiary/aromatic N) is 5. The van der Waals surface area contributed by atoms with Gasteiger partial charge in [0.15, 0.2) is 0 Å². The molecule has 2 aromatic rings. The van der Waals surface area contributed by atoms with E-state index in [1.807, 2.05) is 71.0 Å². The quantitative estimate of drug-likeness (QED) is 0.218. The van der Waals surface area contributed by atoms with Gasteiger partial charge in [-0.15, -0.1) is 0 Å². The van der Waals surface area contributed by atoms with Crippen LogP contribution in [0, 0.1) is 11.3 Å². The van der Waals surface area contributed by atoms with Crippen LogP contribution in [0.5, 0.6) is 0 Å². The van der Waals surface area contributed by atoms with Crippen LogP contribution < -0.4 is 0 Å². The molecule has 0 unspecified atom stereocenters. The lowest BCUT2D eigenvalue weighted by Gasteiger charge is -2.58. The maximum Gasteiger partial charge on any atom is 0.410 e. The van der Waals surface area contributed by atoms with E-state index in [0.29, 0.717) is 32.3 Å². The highest BCUT2D eigenvalue weighted by atomic mass is 16.6. The first-order chi connectivity index (χ1) is 28.3. The van der Waals surface area contributed by atoms with Crippen molar-refractivity contribution in [3.63, 3.8) is 0 Å². The topological polar surface area (TPSA) is 157 Å². The molecule has 2 aliphatic carbocycles. The molecule has 0 radical (unpaired) electrons. The van der Waals surface area contributed by atoms with E-state index in [2.05, 4.69) is 12.1 Å². The molecule has 1 aliphatic heterocycles. The van der Waals surface area contributed by atoms with Crippen LogP contribution in [-0.4, -0.2) is 150 Å². The molecule has 14 nitrogen and oxygen atoms in total. The SMILES string of the molecule is CCCO[C@@H]1C[C@@H](C(=O)N(C)C2(C(=O)N(C)[C@H](C(=O)N(C)[C@@H](CC(=O)O)C(=O)N(C)C)C(CC)CC)CC(C)(C)C2)N(C(=O)OCC2c3ccccc3-c3ccccc32)C1. The summed E-state index contributed by atoms with van der Waals surface area (Å²) < 4.78 is 12.2. The zero-order valence-corrected chi connectivity index (χ0v) is 37.1. The van der Waals surface area contributed by atoms with Crippen molar-refractivity contribution in [1.82, 2.24) is 24.5 Å². The number of fused-ring (bicyclic) bond motifs is 3. The minimum Gasteiger partial charge on any atom is -0.481 e. The zero-order valence-electron chi connectivity index (χ0n) is 37.1. The number of hydrogen-bond acceptors (Lipinski definition) is 8. The number of carboxylic acid groups (broad SMARTS) is 1. The maximum atomic E-state index is 15.1. The molecule has 3 aliphatic rings. The molecule has 2 fully saturated rings. The Balaban J connectivity index is 1.42. The highest BCUT2D eigenvalue weighted by Gasteiger charge is 2.61. The van der Waals surface area contributed by atoms with Gasteiger partial charge >= 0.3 is 12.1 Å². The number of aliphatic carboxylic acids is 1. The molecule has 5 rings (SSSR count). The summed E-state index contributed by atoms with van der Waals surface area (Å²) in [6, 6.07) is 12.8. The van der Waals surface area contributed by atoms with Crippen LogP contribution in [0.15, 0.2) is 48.5 Å². The molecular weight excluding hydrogens is 767 g/mol. The van der Waals surface area contributed by atoms with Crippen LogP contribution in [0.2, 0.25) is 0 Å². The second-order valence-electron chi connectivity index (χ2n) is 17.9. The van der Waals surface area contributed by atoms with Crippen LogP contribution in [-0.2, 0) is 33.4 Å². The first-order valence-electron chi connectivity index (χ1n) is 21.3. The molecule has 1 saturated carbocycles. The number of amides is 5. The van der Waals surface area contributed by atoms with Gasteiger partial charge in [-0.05, 0) is 52.8 Å². The number of carbonyl (C=O) groups is 6. The Labute approximate surface area is 355 Å². The lowest BCUT2D eigenvalue weighted by Crippen LogP contribution is -2.71. The molecule has 0 spiro atoms. The zero-order chi connectivity index (χ0) is 44.3. The lowest BCUT2D eigenvalue weighted by molar-refractivity contribution is -0.174. The Morgan fingerprint density at radius 2 is 1.40 bits per heavy atom. The average Bonchev–Trinajstić information content (AvgIpc) is 3.79. The van der Waals surface area contributed by atoms with Crippen LogP contribution in [0.3, 0.4) is 0 Å². The Kier molecular flexibility index (Phi) is 14.4. The van der Waals surface area contributed by atoms with Gasteiger partial charge in [0, 0.05) is 54.2 Å². The van der Waals surface area contributed by atoms with Crippen molar-refractivity contribution < 1.29 is 43.3 Å². The van der Waals surface area contributed by atoms with E-state index in [0.717, 1.165) is 33.6 Å². The summed E-state index contributed by atoms with van der Waals surface area (Å²) in [5, 5.41) is 9.69. The van der Waals surface area contributed by atoms with E-state index in [1.165, 1.54) is 40.7 Å². The largest absolute Gasteiger partial charge is 0.481 e. The predicted octanol–water partition coefficient (Wildman–Crippen LogP) is 5.48. The first-order valence-corrected chi connectivity index (χ1v) is 21.3. The summed E-state index contributed by atoms with van der Waals surface area (Å²) >= 11 is 0. The fraction of sp³-hybridized carbons (Fsp3) is 0.609. The van der Waals surface area contributed by atoms with Crippen molar-refractivity contribution in [1.29, 1.82) is 0 Å². The van der Waals surface area contributed by atoms with Gasteiger partial charge in [-0.1, -0.05) is 96.0 Å². The van der Waals surface area contributed by atoms with Gasteiger partial charge in [0.25, 0.3) is 0 Å². The average molecular weight is 832 g/mol. The molecule has 4 atom stereocenters. The van der Waals surface area contributed by atoms with Gasteiger partial charge in [0.05, 0.1) is 19.1 Å². The van der Waals surface area contributed by atoms with Gasteiger partial charge in [-0.2, -0.15) is 0 Å². The number of likely N-dealkylation sites (tertiary alicyclic amines) is 1. The van der Waals surface area contributed by atoms with Gasteiger partial charge < -0.3 is 34.2 Å². The van der Waals surface area contributed by atoms with Crippen LogP contribution >= 0.6 is 0 Å². The van der Waals surface area contributed by atoms with Crippen LogP contribution in [0.4, 0.5) is 4.79 Å². The lowest BCUT2D eigenvalue weighted by atomic mass is 9.57. The van der Waals surface area contributed by atoms with Crippen molar-refractivity contribution in [2.75, 3.05) is 55.0 Å². The molecule has 5 amide bonds. The third-order valence-electron chi connectivity index (χ3n) is 13.0. The van der Waals surface area contributed by atoms with Gasteiger partial charge in [-0.25, -0.2) is 4.79 Å². The molecule has 60 heavy (non-hydrogen) atoms. The van der Waals surface area contributed by atoms with Crippen LogP contribution in [0.25, 0.3) is 11.1 Å². The van der Waals surface area contributed by atoms with Gasteiger partial charge in [-0.3, -0.25) is 28.9 Å². The summed E-state index contributed by atoms with van der Waals surface area (Å²) in [5.74, 6) is -3.72. The van der Waals surface area contributed by atoms with E-state index in [-0.39, 0.29) is 36.8 Å². The van der Waals surface area contributed by atoms with E-state index >= 15 is 4.79 Å². The Morgan fingerprint density at radius 1 is 0.833 bits per heavy atom. The maximum absolute atomic E-state index is 15.1. The third kappa shape index (κ3) is 9.03. The first kappa shape index (κ1) is 46.1. The molecule has 328 valence electrons. The van der Waals surface area contributed by atoms with E-state index < -0.39 is 71.9 Å². The number of benzene rings is 2. The van der Waals surface area contributed by atoms with Gasteiger partial charge in [0.1, 0.15) is 30.3 Å². The minimum atomic E-state index is -1.35. The van der Waals surface area contributed by atoms with Gasteiger partial charge in [0.2, 0.25) is 23.6 Å². The Hall–Kier alpha value is -4.98. The number of carboxylic acids is 1. The second kappa shape index (κ2) is 18.7. The minimum absolute atomic E-state index is 0.0787. The van der Waals surface area contributed by atoms with Crippen LogP contribution in [0.1, 0.15) is 96.6 Å². The summed E-state index contributed by atoms with van der Waals surface area (Å²) in [6.45, 7) is 10.5. The smallest absolute Gasteiger partial charge is 0.410 e. The standard InChI is InChI=1S/C46H65N5O9/c1-11-22-59-30-23-37(51(25-30)44(58)60-26-35-33-20-16-14-18-31(33)32-19-15-17-21-34(32)35)41(55)50(10)46(27-45(4,5)28-46)43(57)49(9)39(29(12-2)13-3)42(56)48(8)36(24-38(52)53)40(54)47(6)7/h14-21,29-30,35-37,39H,11-13,22-28H2,1-10H3,(H,52,53)/t30-,36+,37+,39+/m1/s1. The van der Waals surface area contributed by atoms with Crippen molar-refractivity contribution in [2.24, 2.45) is 11.3 Å². The Morgan fingerprint density at radius 3 is 1.90 bits per heavy atom. The number of rotatable bonds is 17. The predicted molar refractivity (Wildman–Crippen MR) is 227 cm³/mol. The Bertz CT molecular complexity index is 1870. The highest BCUT2D eigenvalue weighted by Crippen LogP contribution is 2.52. The van der Waals surface area contributed by atoms with Crippen molar-refractivity contribution in [2.45, 2.75) is 115 Å². The molecule has 1 N–H and O–H groups in total. The fourth-order valence-electron chi connectivity index (χ4n) is 9.90. The summed E-state index contributed by atoms with van der Waals surface area (Å²) in [4.78, 5) is 90.5. The molecule has 1 heterocycles. The highest BCUT2D eigenvalue weighted by molar-refractivity contribution is 5.98. The normalized spacial score (nSPS) is 19.7. The van der Waals surface area contributed by atoms with Crippen molar-refractivity contribution >= 4 is 35.7 Å². The fourth-order valence-corrected chi connectivity index (χ4v) is 9.90. The molecule has 1 saturated heterocycles. The number of likely N-dealkylation sites (N-methyl/N-ethyl adjacent to an activating group) is 4. The molecule has 0 aromatic heterocycles. The molecule has 2 aromatic carbocycles. The molecule has 0 bridgehead atoms.